The molecule has 4 nitrogen and oxygen atoms in total. The molecule has 0 N–H and O–H groups in total. The molecule has 0 saturated carbocycles. The molecule has 0 aliphatic heterocycles. The number of hydrogen-bond donors (Lipinski definition) is 0. The Hall–Kier alpha value is -2.62. The van der Waals surface area contributed by atoms with Crippen molar-refractivity contribution in [3.63, 3.8) is 0 Å². The van der Waals surface area contributed by atoms with Gasteiger partial charge in [-0.25, -0.2) is 4.98 Å². The van der Waals surface area contributed by atoms with E-state index in [4.69, 9.17) is 9.47 Å². The van der Waals surface area contributed by atoms with Gasteiger partial charge in [-0.15, -0.1) is 0 Å². The van der Waals surface area contributed by atoms with E-state index in [0.29, 0.717) is 5.88 Å². The molecular formula is C18H18N2O2. The van der Waals surface area contributed by atoms with Crippen LogP contribution in [0.5, 0.6) is 11.6 Å². The topological polar surface area (TPSA) is 44.2 Å². The standard InChI is InChI=1S/C18H18N2O2/c1-12(2)22-18-16-5-4-15(21-3)10-14(16)11-17(20-18)13-6-8-19-9-7-13/h4-12H,1-3H3. The molecule has 0 bridgehead atoms. The predicted octanol–water partition coefficient (Wildman–Crippen LogP) is 4.09. The fourth-order valence-electron chi connectivity index (χ4n) is 2.31. The van der Waals surface area contributed by atoms with Crippen molar-refractivity contribution in [2.24, 2.45) is 0 Å². The van der Waals surface area contributed by atoms with Crippen LogP contribution < -0.4 is 9.47 Å². The van der Waals surface area contributed by atoms with Gasteiger partial charge in [0.15, 0.2) is 0 Å². The van der Waals surface area contributed by atoms with E-state index in [2.05, 4.69) is 9.97 Å². The van der Waals surface area contributed by atoms with E-state index in [1.165, 1.54) is 0 Å². The number of pyridine rings is 2. The van der Waals surface area contributed by atoms with Crippen LogP contribution in [0, 0.1) is 0 Å². The summed E-state index contributed by atoms with van der Waals surface area (Å²) in [4.78, 5) is 8.73. The van der Waals surface area contributed by atoms with E-state index in [1.54, 1.807) is 19.5 Å². The van der Waals surface area contributed by atoms with Crippen molar-refractivity contribution in [2.75, 3.05) is 7.11 Å². The van der Waals surface area contributed by atoms with Crippen LogP contribution >= 0.6 is 0 Å². The highest BCUT2D eigenvalue weighted by molar-refractivity contribution is 5.91. The van der Waals surface area contributed by atoms with E-state index < -0.39 is 0 Å². The lowest BCUT2D eigenvalue weighted by atomic mass is 10.1. The Labute approximate surface area is 129 Å². The van der Waals surface area contributed by atoms with Crippen molar-refractivity contribution < 1.29 is 9.47 Å². The fourth-order valence-corrected chi connectivity index (χ4v) is 2.31. The van der Waals surface area contributed by atoms with Gasteiger partial charge in [-0.05, 0) is 55.6 Å². The predicted molar refractivity (Wildman–Crippen MR) is 87.3 cm³/mol. The zero-order valence-electron chi connectivity index (χ0n) is 12.9. The summed E-state index contributed by atoms with van der Waals surface area (Å²) in [6, 6.07) is 11.8. The first-order valence-electron chi connectivity index (χ1n) is 7.23. The average molecular weight is 294 g/mol. The number of hydrogen-bond acceptors (Lipinski definition) is 4. The van der Waals surface area contributed by atoms with Crippen LogP contribution in [0.1, 0.15) is 13.8 Å². The van der Waals surface area contributed by atoms with Crippen molar-refractivity contribution in [2.45, 2.75) is 20.0 Å². The summed E-state index contributed by atoms with van der Waals surface area (Å²) in [5, 5.41) is 2.02. The summed E-state index contributed by atoms with van der Waals surface area (Å²) in [6.45, 7) is 3.99. The van der Waals surface area contributed by atoms with Crippen LogP contribution in [0.25, 0.3) is 22.0 Å². The van der Waals surface area contributed by atoms with Crippen molar-refractivity contribution in [1.82, 2.24) is 9.97 Å². The minimum absolute atomic E-state index is 0.0606. The van der Waals surface area contributed by atoms with Gasteiger partial charge in [-0.3, -0.25) is 4.98 Å². The molecule has 2 heterocycles. The van der Waals surface area contributed by atoms with Crippen molar-refractivity contribution in [3.8, 4) is 22.9 Å². The molecule has 0 amide bonds. The number of ether oxygens (including phenoxy) is 2. The van der Waals surface area contributed by atoms with E-state index in [-0.39, 0.29) is 6.10 Å². The molecule has 4 heteroatoms. The summed E-state index contributed by atoms with van der Waals surface area (Å²) < 4.78 is 11.2. The molecule has 3 aromatic rings. The van der Waals surface area contributed by atoms with Gasteiger partial charge in [0.1, 0.15) is 5.75 Å². The Morgan fingerprint density at radius 2 is 1.77 bits per heavy atom. The smallest absolute Gasteiger partial charge is 0.222 e. The molecule has 0 aliphatic carbocycles. The van der Waals surface area contributed by atoms with Gasteiger partial charge in [-0.1, -0.05) is 0 Å². The van der Waals surface area contributed by atoms with Crippen LogP contribution in [0.2, 0.25) is 0 Å². The SMILES string of the molecule is COc1ccc2c(OC(C)C)nc(-c3ccncc3)cc2c1. The van der Waals surface area contributed by atoms with Gasteiger partial charge >= 0.3 is 0 Å². The molecule has 0 radical (unpaired) electrons. The first kappa shape index (κ1) is 14.3. The average Bonchev–Trinajstić information content (AvgIpc) is 2.54. The summed E-state index contributed by atoms with van der Waals surface area (Å²) in [7, 11) is 1.66. The first-order chi connectivity index (χ1) is 10.7. The maximum atomic E-state index is 5.90. The largest absolute Gasteiger partial charge is 0.497 e. The van der Waals surface area contributed by atoms with Crippen molar-refractivity contribution in [1.29, 1.82) is 0 Å². The Kier molecular flexibility index (Phi) is 3.92. The third-order valence-electron chi connectivity index (χ3n) is 3.33. The van der Waals surface area contributed by atoms with Gasteiger partial charge in [0.2, 0.25) is 5.88 Å². The molecule has 22 heavy (non-hydrogen) atoms. The number of nitrogens with zero attached hydrogens (tertiary/aromatic N) is 2. The zero-order valence-corrected chi connectivity index (χ0v) is 12.9. The normalized spacial score (nSPS) is 10.9. The number of aromatic nitrogens is 2. The Morgan fingerprint density at radius 1 is 1.00 bits per heavy atom. The molecule has 0 unspecified atom stereocenters. The molecule has 0 fully saturated rings. The van der Waals surface area contributed by atoms with Crippen LogP contribution in [0.3, 0.4) is 0 Å². The second-order valence-electron chi connectivity index (χ2n) is 5.30. The lowest BCUT2D eigenvalue weighted by Gasteiger charge is -2.14. The van der Waals surface area contributed by atoms with Gasteiger partial charge < -0.3 is 9.47 Å². The number of methoxy groups -OCH3 is 1. The van der Waals surface area contributed by atoms with Crippen molar-refractivity contribution in [3.05, 3.63) is 48.8 Å². The molecule has 0 spiro atoms. The maximum absolute atomic E-state index is 5.90. The molecule has 3 rings (SSSR count). The second-order valence-corrected chi connectivity index (χ2v) is 5.30. The number of fused-ring (bicyclic) bond motifs is 1. The molecule has 0 aliphatic rings. The van der Waals surface area contributed by atoms with Gasteiger partial charge in [0.25, 0.3) is 0 Å². The van der Waals surface area contributed by atoms with E-state index in [9.17, 15) is 0 Å². The molecule has 112 valence electrons. The fraction of sp³-hybridized carbons (Fsp3) is 0.222. The molecule has 0 atom stereocenters. The molecule has 0 saturated heterocycles. The minimum atomic E-state index is 0.0606. The second kappa shape index (κ2) is 6.02. The highest BCUT2D eigenvalue weighted by Crippen LogP contribution is 2.32. The molecule has 2 aromatic heterocycles. The zero-order chi connectivity index (χ0) is 15.5. The number of benzene rings is 1. The summed E-state index contributed by atoms with van der Waals surface area (Å²) in [5.74, 6) is 1.46. The third kappa shape index (κ3) is 2.86. The Balaban J connectivity index is 2.21. The Morgan fingerprint density at radius 3 is 2.45 bits per heavy atom. The monoisotopic (exact) mass is 294 g/mol. The lowest BCUT2D eigenvalue weighted by molar-refractivity contribution is 0.236. The van der Waals surface area contributed by atoms with Crippen LogP contribution in [0.4, 0.5) is 0 Å². The van der Waals surface area contributed by atoms with E-state index in [1.807, 2.05) is 50.2 Å². The third-order valence-corrected chi connectivity index (χ3v) is 3.33. The number of rotatable bonds is 4. The lowest BCUT2D eigenvalue weighted by Crippen LogP contribution is -2.07. The highest BCUT2D eigenvalue weighted by Gasteiger charge is 2.11. The minimum Gasteiger partial charge on any atom is -0.497 e. The summed E-state index contributed by atoms with van der Waals surface area (Å²) in [5.41, 5.74) is 1.87. The van der Waals surface area contributed by atoms with Crippen LogP contribution in [-0.2, 0) is 0 Å². The summed E-state index contributed by atoms with van der Waals surface area (Å²) >= 11 is 0. The van der Waals surface area contributed by atoms with Crippen LogP contribution in [0.15, 0.2) is 48.8 Å². The van der Waals surface area contributed by atoms with Gasteiger partial charge in [0, 0.05) is 23.3 Å². The maximum Gasteiger partial charge on any atom is 0.222 e. The Bertz CT molecular complexity index is 786. The van der Waals surface area contributed by atoms with E-state index in [0.717, 1.165) is 27.8 Å². The molecule has 1 aromatic carbocycles. The van der Waals surface area contributed by atoms with Crippen molar-refractivity contribution >= 4 is 10.8 Å². The first-order valence-corrected chi connectivity index (χ1v) is 7.23. The van der Waals surface area contributed by atoms with E-state index >= 15 is 0 Å². The molecular weight excluding hydrogens is 276 g/mol. The van der Waals surface area contributed by atoms with Gasteiger partial charge in [0.05, 0.1) is 18.9 Å². The van der Waals surface area contributed by atoms with Gasteiger partial charge in [-0.2, -0.15) is 0 Å². The summed E-state index contributed by atoms with van der Waals surface area (Å²) in [6.07, 6.45) is 3.58. The van der Waals surface area contributed by atoms with Crippen LogP contribution in [-0.4, -0.2) is 23.2 Å². The quantitative estimate of drug-likeness (QED) is 0.727. The highest BCUT2D eigenvalue weighted by atomic mass is 16.5.